The SMILES string of the molecule is C=CC(=O)N1[C@H](C)CN(c2nc(=O)n3c4c(c(-c5cc(Cl)c(F)cc5F)c(C(F)(F)F)cc24)SCC3CN2CCN(C)CC2)C[C@@H]1C. The molecule has 47 heavy (non-hydrogen) atoms. The average Bonchev–Trinajstić information content (AvgIpc) is 3.01. The minimum Gasteiger partial charge on any atom is -0.352 e. The maximum atomic E-state index is 15.4. The summed E-state index contributed by atoms with van der Waals surface area (Å²) in [6.07, 6.45) is -3.75. The van der Waals surface area contributed by atoms with Gasteiger partial charge in [0, 0.05) is 91.1 Å². The van der Waals surface area contributed by atoms with E-state index < -0.39 is 51.3 Å². The number of likely N-dealkylation sites (N-methyl/N-ethyl adjacent to an activating group) is 1. The van der Waals surface area contributed by atoms with Crippen LogP contribution < -0.4 is 10.6 Å². The standard InChI is InChI=1S/C32H34ClF5N6O2S/c1-5-26(45)43-17(2)13-42(14-18(43)3)30-21-10-22(32(36,37)38)27(20-11-23(33)25(35)12-24(20)34)29-28(21)44(31(46)39-30)19(16-47-29)15-41-8-6-40(4)7-9-41/h5,10-12,17-19H,1,6-9,13-16H2,2-4H3/t17-,18+,19?. The molecule has 0 saturated carbocycles. The van der Waals surface area contributed by atoms with E-state index in [1.165, 1.54) is 10.6 Å². The molecule has 3 aliphatic heterocycles. The van der Waals surface area contributed by atoms with Crippen LogP contribution in [0, 0.1) is 11.6 Å². The fourth-order valence-electron chi connectivity index (χ4n) is 7.04. The van der Waals surface area contributed by atoms with Crippen molar-refractivity contribution in [3.8, 4) is 11.1 Å². The van der Waals surface area contributed by atoms with Gasteiger partial charge >= 0.3 is 11.9 Å². The summed E-state index contributed by atoms with van der Waals surface area (Å²) in [7, 11) is 2.02. The molecule has 8 nitrogen and oxygen atoms in total. The molecule has 3 atom stereocenters. The summed E-state index contributed by atoms with van der Waals surface area (Å²) in [4.78, 5) is 38.9. The highest BCUT2D eigenvalue weighted by Crippen LogP contribution is 2.51. The fraction of sp³-hybridized carbons (Fsp3) is 0.469. The lowest BCUT2D eigenvalue weighted by molar-refractivity contribution is -0.137. The Bertz CT molecular complexity index is 1800. The Labute approximate surface area is 277 Å². The first kappa shape index (κ1) is 33.7. The predicted octanol–water partition coefficient (Wildman–Crippen LogP) is 5.52. The third-order valence-corrected chi connectivity index (χ3v) is 10.8. The second-order valence-corrected chi connectivity index (χ2v) is 13.9. The largest absolute Gasteiger partial charge is 0.417 e. The molecule has 252 valence electrons. The van der Waals surface area contributed by atoms with Crippen molar-refractivity contribution >= 4 is 46.0 Å². The van der Waals surface area contributed by atoms with Gasteiger partial charge in [0.2, 0.25) is 5.91 Å². The Morgan fingerprint density at radius 1 is 1.09 bits per heavy atom. The van der Waals surface area contributed by atoms with E-state index in [2.05, 4.69) is 21.4 Å². The van der Waals surface area contributed by atoms with Gasteiger partial charge in [-0.1, -0.05) is 18.2 Å². The van der Waals surface area contributed by atoms with Crippen molar-refractivity contribution in [1.29, 1.82) is 0 Å². The van der Waals surface area contributed by atoms with Crippen LogP contribution in [0.3, 0.4) is 0 Å². The van der Waals surface area contributed by atoms with Gasteiger partial charge < -0.3 is 14.7 Å². The van der Waals surface area contributed by atoms with Gasteiger partial charge in [-0.3, -0.25) is 14.3 Å². The Hall–Kier alpha value is -3.20. The maximum Gasteiger partial charge on any atom is 0.417 e. The summed E-state index contributed by atoms with van der Waals surface area (Å²) in [5.74, 6) is -2.29. The lowest BCUT2D eigenvalue weighted by atomic mass is 9.95. The van der Waals surface area contributed by atoms with E-state index in [-0.39, 0.29) is 58.4 Å². The van der Waals surface area contributed by atoms with Crippen molar-refractivity contribution in [1.82, 2.24) is 24.3 Å². The zero-order valence-corrected chi connectivity index (χ0v) is 27.7. The molecule has 0 spiro atoms. The number of aromatic nitrogens is 2. The summed E-state index contributed by atoms with van der Waals surface area (Å²) in [6.45, 7) is 11.3. The van der Waals surface area contributed by atoms with Gasteiger partial charge in [-0.05, 0) is 39.1 Å². The second kappa shape index (κ2) is 12.7. The topological polar surface area (TPSA) is 64.9 Å². The Balaban J connectivity index is 1.61. The second-order valence-electron chi connectivity index (χ2n) is 12.5. The summed E-state index contributed by atoms with van der Waals surface area (Å²) < 4.78 is 76.0. The quantitative estimate of drug-likeness (QED) is 0.198. The third kappa shape index (κ3) is 6.13. The number of piperazine rings is 2. The Morgan fingerprint density at radius 2 is 1.74 bits per heavy atom. The molecule has 3 aromatic rings. The molecule has 15 heteroatoms. The first-order valence-electron chi connectivity index (χ1n) is 15.3. The van der Waals surface area contributed by atoms with Crippen LogP contribution >= 0.6 is 23.4 Å². The number of thioether (sulfide) groups is 1. The number of anilines is 1. The summed E-state index contributed by atoms with van der Waals surface area (Å²) in [6, 6.07) is 1.08. The van der Waals surface area contributed by atoms with E-state index in [4.69, 9.17) is 11.6 Å². The highest BCUT2D eigenvalue weighted by atomic mass is 35.5. The van der Waals surface area contributed by atoms with Gasteiger partial charge in [0.1, 0.15) is 17.5 Å². The number of benzene rings is 2. The zero-order chi connectivity index (χ0) is 33.9. The van der Waals surface area contributed by atoms with Crippen molar-refractivity contribution in [3.63, 3.8) is 0 Å². The zero-order valence-electron chi connectivity index (χ0n) is 26.1. The van der Waals surface area contributed by atoms with Gasteiger partial charge in [0.15, 0.2) is 0 Å². The predicted molar refractivity (Wildman–Crippen MR) is 173 cm³/mol. The molecule has 1 amide bonds. The van der Waals surface area contributed by atoms with Crippen LogP contribution in [0.5, 0.6) is 0 Å². The molecule has 0 N–H and O–H groups in total. The number of carbonyl (C=O) groups is 1. The van der Waals surface area contributed by atoms with Crippen molar-refractivity contribution < 1.29 is 26.7 Å². The number of amides is 1. The van der Waals surface area contributed by atoms with Crippen molar-refractivity contribution in [2.45, 2.75) is 43.0 Å². The minimum absolute atomic E-state index is 0.0494. The molecular weight excluding hydrogens is 663 g/mol. The van der Waals surface area contributed by atoms with Crippen LogP contribution in [0.25, 0.3) is 22.0 Å². The summed E-state index contributed by atoms with van der Waals surface area (Å²) >= 11 is 7.09. The maximum absolute atomic E-state index is 15.4. The van der Waals surface area contributed by atoms with Crippen LogP contribution in [-0.2, 0) is 11.0 Å². The molecule has 0 bridgehead atoms. The molecule has 4 heterocycles. The molecule has 1 aromatic heterocycles. The van der Waals surface area contributed by atoms with Gasteiger partial charge in [0.25, 0.3) is 0 Å². The van der Waals surface area contributed by atoms with Crippen molar-refractivity contribution in [2.75, 3.05) is 63.5 Å². The smallest absolute Gasteiger partial charge is 0.352 e. The first-order valence-corrected chi connectivity index (χ1v) is 16.6. The normalized spacial score (nSPS) is 22.6. The third-order valence-electron chi connectivity index (χ3n) is 9.23. The van der Waals surface area contributed by atoms with E-state index in [0.717, 1.165) is 50.1 Å². The van der Waals surface area contributed by atoms with Gasteiger partial charge in [-0.15, -0.1) is 11.8 Å². The van der Waals surface area contributed by atoms with Crippen LogP contribution in [0.15, 0.2) is 40.5 Å². The highest BCUT2D eigenvalue weighted by molar-refractivity contribution is 7.99. The molecule has 2 aromatic carbocycles. The monoisotopic (exact) mass is 696 g/mol. The van der Waals surface area contributed by atoms with E-state index in [0.29, 0.717) is 12.6 Å². The molecule has 6 rings (SSSR count). The molecule has 1 unspecified atom stereocenters. The molecule has 0 radical (unpaired) electrons. The molecule has 2 saturated heterocycles. The number of carbonyl (C=O) groups excluding carboxylic acids is 1. The van der Waals surface area contributed by atoms with Crippen LogP contribution in [0.1, 0.15) is 25.5 Å². The fourth-order valence-corrected chi connectivity index (χ4v) is 8.52. The van der Waals surface area contributed by atoms with Crippen LogP contribution in [-0.4, -0.2) is 101 Å². The van der Waals surface area contributed by atoms with Crippen LogP contribution in [0.4, 0.5) is 27.8 Å². The number of halogens is 6. The van der Waals surface area contributed by atoms with E-state index in [1.54, 1.807) is 9.80 Å². The van der Waals surface area contributed by atoms with Gasteiger partial charge in [0.05, 0.1) is 22.1 Å². The number of nitrogens with zero attached hydrogens (tertiary/aromatic N) is 6. The van der Waals surface area contributed by atoms with Crippen LogP contribution in [0.2, 0.25) is 5.02 Å². The minimum atomic E-state index is -4.96. The van der Waals surface area contributed by atoms with Crippen molar-refractivity contribution in [3.05, 3.63) is 63.6 Å². The Morgan fingerprint density at radius 3 is 2.36 bits per heavy atom. The number of rotatable bonds is 5. The number of hydrogen-bond donors (Lipinski definition) is 0. The Kier molecular flexibility index (Phi) is 9.09. The van der Waals surface area contributed by atoms with E-state index >= 15 is 4.39 Å². The number of alkyl halides is 3. The molecular formula is C32H34ClF5N6O2S. The summed E-state index contributed by atoms with van der Waals surface area (Å²) in [5, 5.41) is -0.443. The van der Waals surface area contributed by atoms with Crippen molar-refractivity contribution in [2.24, 2.45) is 0 Å². The van der Waals surface area contributed by atoms with E-state index in [9.17, 15) is 27.2 Å². The average molecular weight is 697 g/mol. The lowest BCUT2D eigenvalue weighted by Gasteiger charge is -2.45. The highest BCUT2D eigenvalue weighted by Gasteiger charge is 2.41. The summed E-state index contributed by atoms with van der Waals surface area (Å²) in [5.41, 5.74) is -2.59. The van der Waals surface area contributed by atoms with Gasteiger partial charge in [-0.25, -0.2) is 13.6 Å². The molecule has 0 aliphatic carbocycles. The first-order chi connectivity index (χ1) is 22.2. The molecule has 2 fully saturated rings. The lowest BCUT2D eigenvalue weighted by Crippen LogP contribution is -2.58. The van der Waals surface area contributed by atoms with E-state index in [1.807, 2.05) is 20.9 Å². The van der Waals surface area contributed by atoms with Gasteiger partial charge in [-0.2, -0.15) is 18.2 Å². The number of hydrogen-bond acceptors (Lipinski definition) is 7. The molecule has 3 aliphatic rings.